The Kier molecular flexibility index (Phi) is 4.45. The zero-order chi connectivity index (χ0) is 16.4. The molecule has 1 amide bonds. The van der Waals surface area contributed by atoms with E-state index in [2.05, 4.69) is 5.32 Å². The molecule has 0 spiro atoms. The number of nitro benzene ring substituents is 1. The molecule has 22 heavy (non-hydrogen) atoms. The van der Waals surface area contributed by atoms with Gasteiger partial charge in [-0.25, -0.2) is 0 Å². The second kappa shape index (κ2) is 6.13. The molecule has 0 fully saturated rings. The van der Waals surface area contributed by atoms with Crippen LogP contribution in [0, 0.1) is 35.3 Å². The lowest BCUT2D eigenvalue weighted by molar-refractivity contribution is -0.384. The number of non-ortho nitro benzene ring substituents is 1. The summed E-state index contributed by atoms with van der Waals surface area (Å²) in [6.07, 6.45) is 0. The lowest BCUT2D eigenvalue weighted by Crippen LogP contribution is -2.12. The topological polar surface area (TPSA) is 96.0 Å². The first-order chi connectivity index (χ1) is 10.3. The number of aryl methyl sites for hydroxylation is 1. The van der Waals surface area contributed by atoms with Crippen LogP contribution in [0.2, 0.25) is 5.02 Å². The van der Waals surface area contributed by atoms with Gasteiger partial charge in [0, 0.05) is 17.0 Å². The smallest absolute Gasteiger partial charge is 0.270 e. The highest BCUT2D eigenvalue weighted by atomic mass is 35.5. The van der Waals surface area contributed by atoms with Gasteiger partial charge in [-0.05, 0) is 25.5 Å². The minimum absolute atomic E-state index is 0.0107. The summed E-state index contributed by atoms with van der Waals surface area (Å²) in [5.41, 5.74) is 0.947. The van der Waals surface area contributed by atoms with Gasteiger partial charge in [0.15, 0.2) is 0 Å². The molecule has 1 aromatic heterocycles. The van der Waals surface area contributed by atoms with Gasteiger partial charge in [0.1, 0.15) is 11.1 Å². The van der Waals surface area contributed by atoms with E-state index in [1.165, 1.54) is 23.5 Å². The number of nitrogens with zero attached hydrogens (tertiary/aromatic N) is 2. The van der Waals surface area contributed by atoms with Crippen molar-refractivity contribution >= 4 is 39.5 Å². The van der Waals surface area contributed by atoms with Crippen LogP contribution in [0.25, 0.3) is 0 Å². The van der Waals surface area contributed by atoms with Crippen molar-refractivity contribution in [3.05, 3.63) is 54.9 Å². The highest BCUT2D eigenvalue weighted by Crippen LogP contribution is 2.32. The van der Waals surface area contributed by atoms with E-state index in [4.69, 9.17) is 16.9 Å². The fraction of sp³-hybridized carbons (Fsp3) is 0.143. The number of hydrogen-bond donors (Lipinski definition) is 1. The van der Waals surface area contributed by atoms with Crippen LogP contribution in [0.4, 0.5) is 10.7 Å². The molecule has 0 aliphatic heterocycles. The molecule has 6 nitrogen and oxygen atoms in total. The number of nitro groups is 1. The van der Waals surface area contributed by atoms with Gasteiger partial charge in [0.05, 0.1) is 21.1 Å². The predicted octanol–water partition coefficient (Wildman–Crippen LogP) is 4.05. The highest BCUT2D eigenvalue weighted by molar-refractivity contribution is 7.16. The van der Waals surface area contributed by atoms with Crippen LogP contribution < -0.4 is 5.32 Å². The number of thiophene rings is 1. The van der Waals surface area contributed by atoms with Crippen LogP contribution in [0.3, 0.4) is 0 Å². The maximum Gasteiger partial charge on any atom is 0.270 e. The quantitative estimate of drug-likeness (QED) is 0.676. The summed E-state index contributed by atoms with van der Waals surface area (Å²) in [6, 6.07) is 5.67. The van der Waals surface area contributed by atoms with Crippen molar-refractivity contribution in [2.75, 3.05) is 5.32 Å². The molecule has 8 heteroatoms. The van der Waals surface area contributed by atoms with Crippen LogP contribution in [0.1, 0.15) is 26.4 Å². The molecule has 0 saturated carbocycles. The molecule has 0 aliphatic rings. The average molecular weight is 336 g/mol. The molecular formula is C14H10ClN3O3S. The average Bonchev–Trinajstić information content (AvgIpc) is 2.73. The second-order valence-electron chi connectivity index (χ2n) is 4.47. The standard InChI is InChI=1S/C14H10ClN3O3S/c1-7-8(2)22-14(11(7)6-16)17-13(19)10-5-9(18(20)21)3-4-12(10)15/h3-5H,1-2H3,(H,17,19). The first kappa shape index (κ1) is 15.9. The number of carbonyl (C=O) groups excluding carboxylic acids is 1. The zero-order valence-corrected chi connectivity index (χ0v) is 13.2. The lowest BCUT2D eigenvalue weighted by Gasteiger charge is -2.05. The Morgan fingerprint density at radius 3 is 2.73 bits per heavy atom. The molecule has 0 atom stereocenters. The summed E-state index contributed by atoms with van der Waals surface area (Å²) in [5, 5.41) is 23.0. The predicted molar refractivity (Wildman–Crippen MR) is 84.6 cm³/mol. The molecule has 112 valence electrons. The number of nitrogens with one attached hydrogen (secondary N) is 1. The maximum absolute atomic E-state index is 12.3. The Hall–Kier alpha value is -2.43. The molecule has 2 rings (SSSR count). The van der Waals surface area contributed by atoms with E-state index in [-0.39, 0.29) is 16.3 Å². The van der Waals surface area contributed by atoms with Gasteiger partial charge in [0.25, 0.3) is 11.6 Å². The molecule has 0 aliphatic carbocycles. The number of rotatable bonds is 3. The third-order valence-corrected chi connectivity index (χ3v) is 4.58. The lowest BCUT2D eigenvalue weighted by atomic mass is 10.1. The summed E-state index contributed by atoms with van der Waals surface area (Å²) >= 11 is 7.20. The largest absolute Gasteiger partial charge is 0.312 e. The minimum atomic E-state index is -0.604. The first-order valence-corrected chi connectivity index (χ1v) is 7.30. The molecule has 2 aromatic rings. The summed E-state index contributed by atoms with van der Waals surface area (Å²) < 4.78 is 0. The molecular weight excluding hydrogens is 326 g/mol. The number of carbonyl (C=O) groups is 1. The maximum atomic E-state index is 12.3. The highest BCUT2D eigenvalue weighted by Gasteiger charge is 2.19. The van der Waals surface area contributed by atoms with E-state index >= 15 is 0 Å². The number of benzene rings is 1. The van der Waals surface area contributed by atoms with Crippen LogP contribution >= 0.6 is 22.9 Å². The fourth-order valence-corrected chi connectivity index (χ4v) is 3.03. The summed E-state index contributed by atoms with van der Waals surface area (Å²) in [5.74, 6) is -0.591. The number of anilines is 1. The normalized spacial score (nSPS) is 10.1. The number of halogens is 1. The van der Waals surface area contributed by atoms with Gasteiger partial charge >= 0.3 is 0 Å². The molecule has 0 saturated heterocycles. The number of hydrogen-bond acceptors (Lipinski definition) is 5. The van der Waals surface area contributed by atoms with Crippen molar-refractivity contribution in [2.45, 2.75) is 13.8 Å². The molecule has 0 unspecified atom stereocenters. The molecule has 1 N–H and O–H groups in total. The van der Waals surface area contributed by atoms with Gasteiger partial charge in [-0.2, -0.15) is 5.26 Å². The van der Waals surface area contributed by atoms with Gasteiger partial charge in [-0.1, -0.05) is 11.6 Å². The minimum Gasteiger partial charge on any atom is -0.312 e. The van der Waals surface area contributed by atoms with Crippen molar-refractivity contribution in [1.29, 1.82) is 5.26 Å². The Balaban J connectivity index is 2.38. The van der Waals surface area contributed by atoms with E-state index in [0.29, 0.717) is 10.6 Å². The monoisotopic (exact) mass is 335 g/mol. The van der Waals surface area contributed by atoms with E-state index in [9.17, 15) is 14.9 Å². The Bertz CT molecular complexity index is 823. The van der Waals surface area contributed by atoms with Crippen molar-refractivity contribution in [1.82, 2.24) is 0 Å². The van der Waals surface area contributed by atoms with E-state index in [1.54, 1.807) is 6.92 Å². The summed E-state index contributed by atoms with van der Waals surface area (Å²) in [7, 11) is 0. The van der Waals surface area contributed by atoms with Crippen molar-refractivity contribution < 1.29 is 9.72 Å². The molecule has 1 heterocycles. The Morgan fingerprint density at radius 1 is 1.45 bits per heavy atom. The Morgan fingerprint density at radius 2 is 2.14 bits per heavy atom. The summed E-state index contributed by atoms with van der Waals surface area (Å²) in [6.45, 7) is 3.64. The first-order valence-electron chi connectivity index (χ1n) is 6.10. The third kappa shape index (κ3) is 2.93. The third-order valence-electron chi connectivity index (χ3n) is 3.13. The summed E-state index contributed by atoms with van der Waals surface area (Å²) in [4.78, 5) is 23.4. The van der Waals surface area contributed by atoms with Gasteiger partial charge in [0.2, 0.25) is 0 Å². The van der Waals surface area contributed by atoms with Crippen LogP contribution in [0.5, 0.6) is 0 Å². The number of amides is 1. The second-order valence-corrected chi connectivity index (χ2v) is 6.11. The molecule has 0 radical (unpaired) electrons. The zero-order valence-electron chi connectivity index (χ0n) is 11.6. The van der Waals surface area contributed by atoms with E-state index in [0.717, 1.165) is 16.5 Å². The van der Waals surface area contributed by atoms with E-state index < -0.39 is 10.8 Å². The van der Waals surface area contributed by atoms with Crippen molar-refractivity contribution in [3.8, 4) is 6.07 Å². The van der Waals surface area contributed by atoms with Gasteiger partial charge < -0.3 is 5.32 Å². The van der Waals surface area contributed by atoms with Crippen molar-refractivity contribution in [3.63, 3.8) is 0 Å². The van der Waals surface area contributed by atoms with Gasteiger partial charge in [-0.3, -0.25) is 14.9 Å². The van der Waals surface area contributed by atoms with Crippen LogP contribution in [-0.4, -0.2) is 10.8 Å². The van der Waals surface area contributed by atoms with Crippen molar-refractivity contribution in [2.24, 2.45) is 0 Å². The number of nitriles is 1. The molecule has 1 aromatic carbocycles. The van der Waals surface area contributed by atoms with Crippen LogP contribution in [0.15, 0.2) is 18.2 Å². The SMILES string of the molecule is Cc1sc(NC(=O)c2cc([N+](=O)[O-])ccc2Cl)c(C#N)c1C. The fourth-order valence-electron chi connectivity index (χ4n) is 1.82. The molecule has 0 bridgehead atoms. The van der Waals surface area contributed by atoms with Crippen LogP contribution in [-0.2, 0) is 0 Å². The van der Waals surface area contributed by atoms with Gasteiger partial charge in [-0.15, -0.1) is 11.3 Å². The Labute approximate surface area is 135 Å². The van der Waals surface area contributed by atoms with E-state index in [1.807, 2.05) is 13.0 Å².